The monoisotopic (exact) mass is 478 g/mol. The van der Waals surface area contributed by atoms with Crippen molar-refractivity contribution in [1.29, 1.82) is 0 Å². The first-order valence-corrected chi connectivity index (χ1v) is 11.7. The van der Waals surface area contributed by atoms with Crippen LogP contribution >= 0.6 is 23.2 Å². The molecule has 7 heteroatoms. The second kappa shape index (κ2) is 10.4. The highest BCUT2D eigenvalue weighted by molar-refractivity contribution is 6.31. The van der Waals surface area contributed by atoms with Crippen LogP contribution in [0.25, 0.3) is 0 Å². The number of nitrogens with one attached hydrogen (secondary N) is 1. The lowest BCUT2D eigenvalue weighted by Gasteiger charge is -2.50. The number of hydrogen-bond donors (Lipinski definition) is 2. The van der Waals surface area contributed by atoms with Gasteiger partial charge in [-0.1, -0.05) is 49.2 Å². The molecule has 0 aromatic heterocycles. The van der Waals surface area contributed by atoms with Crippen molar-refractivity contribution in [2.75, 3.05) is 33.3 Å². The SMILES string of the molecule is CNC(=O)c1cc(Cl)ccc1OCCCN1CCC(O)(Cc2ccc(Cl)cc2)C(C)(C)C1. The van der Waals surface area contributed by atoms with Crippen LogP contribution in [0.4, 0.5) is 0 Å². The molecule has 5 nitrogen and oxygen atoms in total. The van der Waals surface area contributed by atoms with E-state index in [1.54, 1.807) is 25.2 Å². The molecule has 2 N–H and O–H groups in total. The topological polar surface area (TPSA) is 61.8 Å². The number of nitrogens with zero attached hydrogens (tertiary/aromatic N) is 1. The number of carbonyl (C=O) groups excluding carboxylic acids is 1. The summed E-state index contributed by atoms with van der Waals surface area (Å²) >= 11 is 12.0. The Labute approximate surface area is 200 Å². The van der Waals surface area contributed by atoms with Gasteiger partial charge >= 0.3 is 0 Å². The minimum absolute atomic E-state index is 0.222. The van der Waals surface area contributed by atoms with Gasteiger partial charge < -0.3 is 20.1 Å². The van der Waals surface area contributed by atoms with E-state index >= 15 is 0 Å². The second-order valence-corrected chi connectivity index (χ2v) is 10.0. The van der Waals surface area contributed by atoms with Crippen molar-refractivity contribution in [2.24, 2.45) is 5.41 Å². The molecule has 1 saturated heterocycles. The van der Waals surface area contributed by atoms with Crippen molar-refractivity contribution in [1.82, 2.24) is 10.2 Å². The van der Waals surface area contributed by atoms with Crippen molar-refractivity contribution >= 4 is 29.1 Å². The van der Waals surface area contributed by atoms with Gasteiger partial charge in [-0.3, -0.25) is 4.79 Å². The van der Waals surface area contributed by atoms with E-state index in [1.165, 1.54) is 0 Å². The molecule has 2 aromatic carbocycles. The number of carbonyl (C=O) groups is 1. The lowest BCUT2D eigenvalue weighted by molar-refractivity contribution is -0.118. The molecule has 0 spiro atoms. The van der Waals surface area contributed by atoms with E-state index in [1.807, 2.05) is 24.3 Å². The Bertz CT molecular complexity index is 933. The highest BCUT2D eigenvalue weighted by Gasteiger charge is 2.47. The maximum Gasteiger partial charge on any atom is 0.254 e. The summed E-state index contributed by atoms with van der Waals surface area (Å²) in [4.78, 5) is 14.4. The quantitative estimate of drug-likeness (QED) is 0.533. The third-order valence-corrected chi connectivity index (χ3v) is 6.91. The standard InChI is InChI=1S/C25H32Cl2N2O3/c1-24(2)17-29(13-11-25(24,31)16-18-5-7-19(26)8-6-18)12-4-14-32-22-10-9-20(27)15-21(22)23(30)28-3/h5-10,15,31H,4,11-14,16-17H2,1-3H3,(H,28,30). The van der Waals surface area contributed by atoms with E-state index in [-0.39, 0.29) is 11.3 Å². The smallest absolute Gasteiger partial charge is 0.254 e. The molecule has 0 bridgehead atoms. The Hall–Kier alpha value is -1.79. The third kappa shape index (κ3) is 5.96. The summed E-state index contributed by atoms with van der Waals surface area (Å²) in [5.41, 5.74) is 0.515. The van der Waals surface area contributed by atoms with Gasteiger partial charge in [0.1, 0.15) is 5.75 Å². The molecule has 32 heavy (non-hydrogen) atoms. The number of ether oxygens (including phenoxy) is 1. The van der Waals surface area contributed by atoms with Crippen LogP contribution in [0.3, 0.4) is 0 Å². The lowest BCUT2D eigenvalue weighted by atomic mass is 9.67. The predicted molar refractivity (Wildman–Crippen MR) is 130 cm³/mol. The van der Waals surface area contributed by atoms with Gasteiger partial charge in [0.25, 0.3) is 5.91 Å². The highest BCUT2D eigenvalue weighted by atomic mass is 35.5. The maximum absolute atomic E-state index is 12.1. The van der Waals surface area contributed by atoms with Crippen LogP contribution in [-0.2, 0) is 6.42 Å². The van der Waals surface area contributed by atoms with Gasteiger partial charge in [-0.2, -0.15) is 0 Å². The van der Waals surface area contributed by atoms with Crippen molar-refractivity contribution < 1.29 is 14.6 Å². The fourth-order valence-electron chi connectivity index (χ4n) is 4.34. The average Bonchev–Trinajstić information content (AvgIpc) is 2.75. The molecule has 2 aromatic rings. The maximum atomic E-state index is 12.1. The largest absolute Gasteiger partial charge is 0.493 e. The average molecular weight is 479 g/mol. The molecule has 1 atom stereocenters. The van der Waals surface area contributed by atoms with Gasteiger partial charge in [0.05, 0.1) is 17.8 Å². The summed E-state index contributed by atoms with van der Waals surface area (Å²) in [7, 11) is 1.58. The van der Waals surface area contributed by atoms with E-state index in [2.05, 4.69) is 24.1 Å². The number of likely N-dealkylation sites (tertiary alicyclic amines) is 1. The fraction of sp³-hybridized carbons (Fsp3) is 0.480. The predicted octanol–water partition coefficient (Wildman–Crippen LogP) is 4.83. The summed E-state index contributed by atoms with van der Waals surface area (Å²) in [6.07, 6.45) is 2.15. The van der Waals surface area contributed by atoms with Gasteiger partial charge in [-0.15, -0.1) is 0 Å². The molecule has 0 saturated carbocycles. The van der Waals surface area contributed by atoms with Crippen LogP contribution < -0.4 is 10.1 Å². The van der Waals surface area contributed by atoms with Gasteiger partial charge in [0, 0.05) is 48.6 Å². The Balaban J connectivity index is 1.52. The van der Waals surface area contributed by atoms with E-state index in [0.717, 1.165) is 31.6 Å². The number of aliphatic hydroxyl groups is 1. The summed E-state index contributed by atoms with van der Waals surface area (Å²) < 4.78 is 5.88. The molecule has 1 amide bonds. The van der Waals surface area contributed by atoms with Crippen molar-refractivity contribution in [3.05, 3.63) is 63.6 Å². The molecule has 1 aliphatic rings. The Morgan fingerprint density at radius 2 is 1.84 bits per heavy atom. The van der Waals surface area contributed by atoms with Crippen LogP contribution in [0.2, 0.25) is 10.0 Å². The molecule has 0 radical (unpaired) electrons. The minimum atomic E-state index is -0.764. The molecule has 174 valence electrons. The van der Waals surface area contributed by atoms with Gasteiger partial charge in [-0.05, 0) is 48.7 Å². The van der Waals surface area contributed by atoms with E-state index < -0.39 is 5.60 Å². The van der Waals surface area contributed by atoms with Gasteiger partial charge in [0.15, 0.2) is 0 Å². The summed E-state index contributed by atoms with van der Waals surface area (Å²) in [6, 6.07) is 12.8. The fourth-order valence-corrected chi connectivity index (χ4v) is 4.63. The number of hydrogen-bond acceptors (Lipinski definition) is 4. The number of rotatable bonds is 8. The molecule has 3 rings (SSSR count). The Kier molecular flexibility index (Phi) is 8.10. The first-order valence-electron chi connectivity index (χ1n) is 11.0. The molecular weight excluding hydrogens is 447 g/mol. The van der Waals surface area contributed by atoms with Crippen molar-refractivity contribution in [3.8, 4) is 5.75 Å². The normalized spacial score (nSPS) is 20.7. The van der Waals surface area contributed by atoms with Crippen LogP contribution in [0, 0.1) is 5.41 Å². The molecule has 1 unspecified atom stereocenters. The Morgan fingerprint density at radius 1 is 1.16 bits per heavy atom. The molecule has 1 aliphatic heterocycles. The summed E-state index contributed by atoms with van der Waals surface area (Å²) in [6.45, 7) is 7.27. The zero-order valence-corrected chi connectivity index (χ0v) is 20.5. The molecule has 0 aliphatic carbocycles. The van der Waals surface area contributed by atoms with Crippen LogP contribution in [0.5, 0.6) is 5.75 Å². The summed E-state index contributed by atoms with van der Waals surface area (Å²) in [5.74, 6) is 0.310. The van der Waals surface area contributed by atoms with Gasteiger partial charge in [0.2, 0.25) is 0 Å². The molecular formula is C25H32Cl2N2O3. The zero-order valence-electron chi connectivity index (χ0n) is 19.0. The molecule has 1 fully saturated rings. The summed E-state index contributed by atoms with van der Waals surface area (Å²) in [5, 5.41) is 15.3. The van der Waals surface area contributed by atoms with Crippen LogP contribution in [0.1, 0.15) is 42.6 Å². The van der Waals surface area contributed by atoms with E-state index in [0.29, 0.717) is 40.8 Å². The third-order valence-electron chi connectivity index (χ3n) is 6.42. The number of halogens is 2. The van der Waals surface area contributed by atoms with Crippen LogP contribution in [-0.4, -0.2) is 54.8 Å². The Morgan fingerprint density at radius 3 is 2.50 bits per heavy atom. The van der Waals surface area contributed by atoms with Crippen LogP contribution in [0.15, 0.2) is 42.5 Å². The zero-order chi connectivity index (χ0) is 23.4. The minimum Gasteiger partial charge on any atom is -0.493 e. The van der Waals surface area contributed by atoms with Crippen molar-refractivity contribution in [3.63, 3.8) is 0 Å². The number of amides is 1. The first-order chi connectivity index (χ1) is 15.1. The van der Waals surface area contributed by atoms with Gasteiger partial charge in [-0.25, -0.2) is 0 Å². The molecule has 1 heterocycles. The first kappa shape index (κ1) is 24.8. The number of benzene rings is 2. The van der Waals surface area contributed by atoms with E-state index in [9.17, 15) is 9.90 Å². The van der Waals surface area contributed by atoms with E-state index in [4.69, 9.17) is 27.9 Å². The number of piperidine rings is 1. The highest BCUT2D eigenvalue weighted by Crippen LogP contribution is 2.41. The lowest BCUT2D eigenvalue weighted by Crippen LogP contribution is -2.58. The van der Waals surface area contributed by atoms with Crippen molar-refractivity contribution in [2.45, 2.75) is 38.7 Å². The second-order valence-electron chi connectivity index (χ2n) is 9.17.